The SMILES string of the molecule is CC1(C)CN(C23C=CC=CN2O3)c2ccc(N)cc2O1. The lowest BCUT2D eigenvalue weighted by Crippen LogP contribution is -2.53. The minimum atomic E-state index is -0.513. The second-order valence-electron chi connectivity index (χ2n) is 5.95. The van der Waals surface area contributed by atoms with Crippen molar-refractivity contribution in [2.24, 2.45) is 0 Å². The summed E-state index contributed by atoms with van der Waals surface area (Å²) in [4.78, 5) is 8.00. The summed E-state index contributed by atoms with van der Waals surface area (Å²) in [5.41, 5.74) is 7.27. The van der Waals surface area contributed by atoms with Crippen LogP contribution >= 0.6 is 0 Å². The molecule has 1 aromatic rings. The molecule has 3 aliphatic heterocycles. The Morgan fingerprint density at radius 3 is 2.90 bits per heavy atom. The molecule has 0 spiro atoms. The van der Waals surface area contributed by atoms with Gasteiger partial charge in [0.15, 0.2) is 0 Å². The molecule has 20 heavy (non-hydrogen) atoms. The van der Waals surface area contributed by atoms with E-state index in [1.54, 1.807) is 0 Å². The molecule has 0 saturated carbocycles. The number of allylic oxidation sites excluding steroid dienone is 2. The molecule has 0 bridgehead atoms. The Morgan fingerprint density at radius 1 is 1.25 bits per heavy atom. The highest BCUT2D eigenvalue weighted by Crippen LogP contribution is 2.50. The van der Waals surface area contributed by atoms with Crippen molar-refractivity contribution in [3.8, 4) is 5.75 Å². The van der Waals surface area contributed by atoms with Crippen LogP contribution in [0.2, 0.25) is 0 Å². The Balaban J connectivity index is 1.81. The van der Waals surface area contributed by atoms with Crippen molar-refractivity contribution in [1.29, 1.82) is 0 Å². The first-order valence-corrected chi connectivity index (χ1v) is 6.71. The van der Waals surface area contributed by atoms with Crippen molar-refractivity contribution in [3.63, 3.8) is 0 Å². The Hall–Kier alpha value is -2.14. The molecular weight excluding hydrogens is 254 g/mol. The van der Waals surface area contributed by atoms with E-state index in [1.807, 2.05) is 41.6 Å². The lowest BCUT2D eigenvalue weighted by molar-refractivity contribution is 0.0966. The lowest BCUT2D eigenvalue weighted by atomic mass is 10.0. The summed E-state index contributed by atoms with van der Waals surface area (Å²) in [7, 11) is 0. The second kappa shape index (κ2) is 3.49. The summed E-state index contributed by atoms with van der Waals surface area (Å²) in [6.45, 7) is 4.87. The van der Waals surface area contributed by atoms with Gasteiger partial charge in [-0.25, -0.2) is 4.84 Å². The van der Waals surface area contributed by atoms with E-state index in [9.17, 15) is 0 Å². The highest BCUT2D eigenvalue weighted by Gasteiger charge is 2.60. The molecule has 3 aliphatic rings. The Kier molecular flexibility index (Phi) is 2.04. The predicted molar refractivity (Wildman–Crippen MR) is 76.8 cm³/mol. The van der Waals surface area contributed by atoms with E-state index in [2.05, 4.69) is 24.8 Å². The van der Waals surface area contributed by atoms with Crippen molar-refractivity contribution in [2.45, 2.75) is 25.3 Å². The van der Waals surface area contributed by atoms with Crippen LogP contribution in [-0.4, -0.2) is 23.1 Å². The van der Waals surface area contributed by atoms with Crippen molar-refractivity contribution < 1.29 is 9.57 Å². The predicted octanol–water partition coefficient (Wildman–Crippen LogP) is 2.23. The van der Waals surface area contributed by atoms with E-state index in [-0.39, 0.29) is 5.60 Å². The monoisotopic (exact) mass is 271 g/mol. The maximum absolute atomic E-state index is 6.05. The maximum Gasteiger partial charge on any atom is 0.288 e. The van der Waals surface area contributed by atoms with Crippen LogP contribution in [0.3, 0.4) is 0 Å². The molecule has 1 atom stereocenters. The van der Waals surface area contributed by atoms with Crippen LogP contribution in [0, 0.1) is 0 Å². The molecule has 104 valence electrons. The number of nitrogen functional groups attached to an aromatic ring is 1. The zero-order valence-electron chi connectivity index (χ0n) is 11.5. The molecule has 5 nitrogen and oxygen atoms in total. The molecule has 5 heteroatoms. The minimum absolute atomic E-state index is 0.303. The van der Waals surface area contributed by atoms with Crippen LogP contribution in [0.5, 0.6) is 5.75 Å². The van der Waals surface area contributed by atoms with Gasteiger partial charge in [0.1, 0.15) is 11.4 Å². The number of hydrogen-bond donors (Lipinski definition) is 1. The highest BCUT2D eigenvalue weighted by atomic mass is 16.9. The van der Waals surface area contributed by atoms with Crippen LogP contribution in [0.15, 0.2) is 42.6 Å². The number of ether oxygens (including phenoxy) is 1. The van der Waals surface area contributed by atoms with Gasteiger partial charge in [-0.3, -0.25) is 0 Å². The fraction of sp³-hybridized carbons (Fsp3) is 0.333. The summed E-state index contributed by atoms with van der Waals surface area (Å²) < 4.78 is 6.05. The number of nitrogens with zero attached hydrogens (tertiary/aromatic N) is 2. The third-order valence-electron chi connectivity index (χ3n) is 3.75. The quantitative estimate of drug-likeness (QED) is 0.627. The smallest absolute Gasteiger partial charge is 0.288 e. The molecule has 0 radical (unpaired) electrons. The standard InChI is InChI=1S/C15H17N3O2/c1-14(2)10-17(15-7-3-4-8-18(15)20-15)12-6-5-11(16)9-13(12)19-14/h3-9H,10,16H2,1-2H3. The topological polar surface area (TPSA) is 54.0 Å². The summed E-state index contributed by atoms with van der Waals surface area (Å²) in [5, 5.41) is 1.84. The third-order valence-corrected chi connectivity index (χ3v) is 3.75. The maximum atomic E-state index is 6.05. The molecule has 2 N–H and O–H groups in total. The van der Waals surface area contributed by atoms with Gasteiger partial charge in [-0.05, 0) is 38.1 Å². The van der Waals surface area contributed by atoms with E-state index >= 15 is 0 Å². The van der Waals surface area contributed by atoms with Crippen LogP contribution in [0.1, 0.15) is 13.8 Å². The lowest BCUT2D eigenvalue weighted by Gasteiger charge is -2.42. The molecule has 1 unspecified atom stereocenters. The Bertz CT molecular complexity index is 638. The number of fused-ring (bicyclic) bond motifs is 2. The minimum Gasteiger partial charge on any atom is -0.484 e. The van der Waals surface area contributed by atoms with E-state index < -0.39 is 5.85 Å². The van der Waals surface area contributed by atoms with Gasteiger partial charge in [-0.1, -0.05) is 6.08 Å². The molecule has 1 aromatic carbocycles. The molecule has 0 aromatic heterocycles. The Morgan fingerprint density at radius 2 is 2.10 bits per heavy atom. The van der Waals surface area contributed by atoms with Gasteiger partial charge in [0, 0.05) is 18.0 Å². The first-order valence-electron chi connectivity index (χ1n) is 6.71. The van der Waals surface area contributed by atoms with Crippen LogP contribution in [0.4, 0.5) is 11.4 Å². The van der Waals surface area contributed by atoms with E-state index in [1.165, 1.54) is 0 Å². The van der Waals surface area contributed by atoms with Crippen molar-refractivity contribution in [2.75, 3.05) is 17.2 Å². The molecule has 3 heterocycles. The van der Waals surface area contributed by atoms with Gasteiger partial charge >= 0.3 is 0 Å². The van der Waals surface area contributed by atoms with Crippen LogP contribution in [0.25, 0.3) is 0 Å². The number of nitrogens with two attached hydrogens (primary N) is 1. The molecule has 1 saturated heterocycles. The Labute approximate surface area is 117 Å². The van der Waals surface area contributed by atoms with Gasteiger partial charge in [0.2, 0.25) is 0 Å². The van der Waals surface area contributed by atoms with Crippen molar-refractivity contribution >= 4 is 11.4 Å². The molecule has 0 amide bonds. The van der Waals surface area contributed by atoms with Gasteiger partial charge in [-0.2, -0.15) is 5.06 Å². The number of anilines is 2. The molecule has 0 aliphatic carbocycles. The summed E-state index contributed by atoms with van der Waals surface area (Å²) in [5.74, 6) is 0.287. The van der Waals surface area contributed by atoms with Crippen molar-refractivity contribution in [3.05, 3.63) is 42.6 Å². The first kappa shape index (κ1) is 11.7. The van der Waals surface area contributed by atoms with E-state index in [4.69, 9.17) is 15.3 Å². The first-order chi connectivity index (χ1) is 9.50. The molecular formula is C15H17N3O2. The number of benzene rings is 1. The summed E-state index contributed by atoms with van der Waals surface area (Å²) in [6.07, 6.45) is 7.94. The van der Waals surface area contributed by atoms with Gasteiger partial charge < -0.3 is 15.4 Å². The fourth-order valence-corrected chi connectivity index (χ4v) is 2.85. The number of rotatable bonds is 1. The van der Waals surface area contributed by atoms with Gasteiger partial charge in [0.25, 0.3) is 5.85 Å². The summed E-state index contributed by atoms with van der Waals surface area (Å²) in [6, 6.07) is 5.74. The zero-order valence-corrected chi connectivity index (χ0v) is 11.5. The summed E-state index contributed by atoms with van der Waals surface area (Å²) >= 11 is 0. The molecule has 1 fully saturated rings. The largest absolute Gasteiger partial charge is 0.484 e. The molecule has 4 rings (SSSR count). The second-order valence-corrected chi connectivity index (χ2v) is 5.95. The average Bonchev–Trinajstić information content (AvgIpc) is 3.11. The van der Waals surface area contributed by atoms with Crippen LogP contribution in [-0.2, 0) is 4.84 Å². The normalized spacial score (nSPS) is 28.7. The number of hydroxylamine groups is 2. The van der Waals surface area contributed by atoms with E-state index in [0.717, 1.165) is 18.0 Å². The zero-order chi connectivity index (χ0) is 14.0. The highest BCUT2D eigenvalue weighted by molar-refractivity contribution is 5.67. The van der Waals surface area contributed by atoms with Gasteiger partial charge in [-0.15, -0.1) is 0 Å². The van der Waals surface area contributed by atoms with Crippen molar-refractivity contribution in [1.82, 2.24) is 5.06 Å². The third kappa shape index (κ3) is 1.53. The average molecular weight is 271 g/mol. The van der Waals surface area contributed by atoms with Gasteiger partial charge in [0.05, 0.1) is 12.2 Å². The fourth-order valence-electron chi connectivity index (χ4n) is 2.85. The number of hydrogen-bond acceptors (Lipinski definition) is 5. The van der Waals surface area contributed by atoms with Crippen LogP contribution < -0.4 is 15.4 Å². The van der Waals surface area contributed by atoms with E-state index in [0.29, 0.717) is 5.69 Å².